The Morgan fingerprint density at radius 3 is 1.63 bits per heavy atom. The molecule has 0 aliphatic carbocycles. The molecule has 0 unspecified atom stereocenters. The highest BCUT2D eigenvalue weighted by molar-refractivity contribution is 5.99. The van der Waals surface area contributed by atoms with Crippen molar-refractivity contribution in [2.75, 3.05) is 26.2 Å². The third-order valence-electron chi connectivity index (χ3n) is 14.1. The molecule has 2 rings (SSSR count). The smallest absolute Gasteiger partial charge is 0.326 e. The number of likely N-dealkylation sites (tertiary alicyclic amines) is 1. The van der Waals surface area contributed by atoms with Crippen LogP contribution in [0.25, 0.3) is 0 Å². The van der Waals surface area contributed by atoms with E-state index in [1.807, 2.05) is 5.32 Å². The molecule has 0 aromatic carbocycles. The Bertz CT molecular complexity index is 2440. The molecule has 2 aliphatic heterocycles. The minimum atomic E-state index is -1.91. The van der Waals surface area contributed by atoms with E-state index >= 15 is 0 Å². The van der Waals surface area contributed by atoms with E-state index in [4.69, 9.17) is 16.6 Å². The minimum absolute atomic E-state index is 0.0243. The molecule has 0 radical (unpaired) electrons. The van der Waals surface area contributed by atoms with Crippen molar-refractivity contribution in [3.8, 4) is 0 Å². The molecule has 18 N–H and O–H groups in total. The van der Waals surface area contributed by atoms with Crippen LogP contribution in [0.2, 0.25) is 0 Å². The van der Waals surface area contributed by atoms with Crippen LogP contribution in [0.5, 0.6) is 0 Å². The second kappa shape index (κ2) is 36.7. The fourth-order valence-corrected chi connectivity index (χ4v) is 9.31. The highest BCUT2D eigenvalue weighted by Gasteiger charge is 2.41. The van der Waals surface area contributed by atoms with Crippen molar-refractivity contribution >= 4 is 88.8 Å². The number of aliphatic carboxylic acids is 3. The number of carbonyl (C=O) groups is 15. The van der Waals surface area contributed by atoms with E-state index in [1.165, 1.54) is 18.7 Å². The summed E-state index contributed by atoms with van der Waals surface area (Å²) in [6.45, 7) is 12.8. The first-order valence-corrected chi connectivity index (χ1v) is 29.0. The molecule has 2 aliphatic rings. The summed E-state index contributed by atoms with van der Waals surface area (Å²) in [5.74, 6) is -15.9. The van der Waals surface area contributed by atoms with E-state index in [0.717, 1.165) is 6.42 Å². The Kier molecular flexibility index (Phi) is 31.6. The van der Waals surface area contributed by atoms with Crippen molar-refractivity contribution < 1.29 is 87.2 Å². The van der Waals surface area contributed by atoms with Gasteiger partial charge in [-0.25, -0.2) is 4.79 Å². The average molecular weight is 1220 g/mol. The molecule has 2 fully saturated rings. The van der Waals surface area contributed by atoms with Gasteiger partial charge in [0.2, 0.25) is 70.9 Å². The summed E-state index contributed by atoms with van der Waals surface area (Å²) in [4.78, 5) is 197. The summed E-state index contributed by atoms with van der Waals surface area (Å²) in [7, 11) is 0. The van der Waals surface area contributed by atoms with E-state index in [-0.39, 0.29) is 57.0 Å². The number of amides is 12. The number of nitrogens with two attached hydrogens (primary N) is 2. The highest BCUT2D eigenvalue weighted by atomic mass is 16.4. The number of nitrogens with zero attached hydrogens (tertiary/aromatic N) is 1. The lowest BCUT2D eigenvalue weighted by atomic mass is 9.99. The normalized spacial score (nSPS) is 17.8. The Hall–Kier alpha value is -8.03. The third kappa shape index (κ3) is 25.7. The summed E-state index contributed by atoms with van der Waals surface area (Å²) >= 11 is 0. The molecule has 0 aromatic heterocycles. The quantitative estimate of drug-likeness (QED) is 0.0259. The molecule has 0 saturated carbocycles. The van der Waals surface area contributed by atoms with Gasteiger partial charge in [-0.05, 0) is 109 Å². The largest absolute Gasteiger partial charge is 0.481 e. The minimum Gasteiger partial charge on any atom is -0.481 e. The van der Waals surface area contributed by atoms with Gasteiger partial charge in [0.05, 0.1) is 19.0 Å². The SMILES string of the molecule is CC(C)C[C@H](NC(=O)CNC(=O)[C@@H](NC(=O)[C@@H]1CCCN1C(=O)[C@H](CCC(=O)O)NC(=O)[C@H](C)NC(=O)[C@H](C)NC(=O)[C@@H]1CCCN1)C(C)C)C(=O)N[C@H](C(=O)N[C@@H](CCCCN)C(=O)N[C@@H](CCC(N)=O)C(=O)N[C@@H](CC(=O)O)C(=O)O)C(C)C. The standard InChI is InChI=1S/C54H90N14O18/c1-26(2)23-35(49(80)66-43(28(5)6)52(83)63-32(13-9-10-20-55)47(78)62-33(16-18-38(56)69)48(79)65-36(54(85)86)24-41(73)74)61-39(70)25-58-51(82)42(27(3)4)67-50(81)37-15-12-22-68(37)53(84)34(17-19-40(71)72)64-45(76)30(8)59-44(75)29(7)60-46(77)31-14-11-21-57-31/h26-37,42-43,57H,9-25,55H2,1-8H3,(H2,56,69)(H,58,82)(H,59,75)(H,60,77)(H,61,70)(H,62,78)(H,63,83)(H,64,76)(H,65,79)(H,66,80)(H,67,81)(H,71,72)(H,73,74)(H,85,86)/t29-,30-,31-,32-,33-,34-,35-,36-,37-,42-,43-/m0/s1. The molecule has 2 heterocycles. The van der Waals surface area contributed by atoms with Gasteiger partial charge in [-0.3, -0.25) is 67.1 Å². The molecule has 2 saturated heterocycles. The molecule has 0 spiro atoms. The van der Waals surface area contributed by atoms with Gasteiger partial charge in [0.1, 0.15) is 60.4 Å². The second-order valence-corrected chi connectivity index (χ2v) is 22.6. The van der Waals surface area contributed by atoms with Crippen LogP contribution in [0, 0.1) is 17.8 Å². The van der Waals surface area contributed by atoms with Crippen LogP contribution in [0.3, 0.4) is 0 Å². The molecule has 11 atom stereocenters. The van der Waals surface area contributed by atoms with Crippen molar-refractivity contribution in [1.29, 1.82) is 0 Å². The number of unbranched alkanes of at least 4 members (excludes halogenated alkanes) is 1. The number of carboxylic acid groups (broad SMARTS) is 3. The molecule has 0 bridgehead atoms. The summed E-state index contributed by atoms with van der Waals surface area (Å²) in [6, 6.07) is -14.2. The monoisotopic (exact) mass is 1220 g/mol. The number of carbonyl (C=O) groups excluding carboxylic acids is 12. The molecule has 0 aromatic rings. The number of primary amides is 1. The Morgan fingerprint density at radius 1 is 0.535 bits per heavy atom. The summed E-state index contributed by atoms with van der Waals surface area (Å²) in [5, 5.41) is 55.9. The van der Waals surface area contributed by atoms with Crippen molar-refractivity contribution in [3.63, 3.8) is 0 Å². The lowest BCUT2D eigenvalue weighted by molar-refractivity contribution is -0.147. The van der Waals surface area contributed by atoms with E-state index in [9.17, 15) is 82.1 Å². The van der Waals surface area contributed by atoms with E-state index in [1.54, 1.807) is 41.5 Å². The maximum Gasteiger partial charge on any atom is 0.326 e. The maximum absolute atomic E-state index is 14.1. The molecule has 32 nitrogen and oxygen atoms in total. The third-order valence-corrected chi connectivity index (χ3v) is 14.1. The Balaban J connectivity index is 2.20. The van der Waals surface area contributed by atoms with Crippen LogP contribution in [0.1, 0.15) is 139 Å². The van der Waals surface area contributed by atoms with Gasteiger partial charge in [0.15, 0.2) is 0 Å². The van der Waals surface area contributed by atoms with E-state index < -0.39 is 193 Å². The average Bonchev–Trinajstić information content (AvgIpc) is 3.59. The Morgan fingerprint density at radius 2 is 1.08 bits per heavy atom. The number of carboxylic acids is 3. The molecule has 86 heavy (non-hydrogen) atoms. The molecule has 32 heteroatoms. The number of hydrogen-bond donors (Lipinski definition) is 16. The summed E-state index contributed by atoms with van der Waals surface area (Å²) in [5.41, 5.74) is 10.9. The van der Waals surface area contributed by atoms with Crippen LogP contribution in [0.4, 0.5) is 0 Å². The van der Waals surface area contributed by atoms with Gasteiger partial charge < -0.3 is 90.2 Å². The maximum atomic E-state index is 14.1. The molecule has 484 valence electrons. The van der Waals surface area contributed by atoms with Crippen LogP contribution < -0.4 is 70.0 Å². The van der Waals surface area contributed by atoms with Crippen LogP contribution in [-0.2, 0) is 71.9 Å². The lowest BCUT2D eigenvalue weighted by Gasteiger charge is -2.31. The molecule has 12 amide bonds. The zero-order valence-corrected chi connectivity index (χ0v) is 50.2. The van der Waals surface area contributed by atoms with Gasteiger partial charge in [-0.15, -0.1) is 0 Å². The fourth-order valence-electron chi connectivity index (χ4n) is 9.31. The number of rotatable bonds is 38. The first-order chi connectivity index (χ1) is 40.3. The fraction of sp³-hybridized carbons (Fsp3) is 0.722. The van der Waals surface area contributed by atoms with Crippen LogP contribution >= 0.6 is 0 Å². The summed E-state index contributed by atoms with van der Waals surface area (Å²) in [6.07, 6.45) is -0.415. The molecular weight excluding hydrogens is 1130 g/mol. The highest BCUT2D eigenvalue weighted by Crippen LogP contribution is 2.21. The van der Waals surface area contributed by atoms with Gasteiger partial charge in [0.25, 0.3) is 0 Å². The predicted molar refractivity (Wildman–Crippen MR) is 305 cm³/mol. The van der Waals surface area contributed by atoms with Crippen molar-refractivity contribution in [1.82, 2.24) is 63.4 Å². The lowest BCUT2D eigenvalue weighted by Crippen LogP contribution is -2.60. The van der Waals surface area contributed by atoms with E-state index in [0.29, 0.717) is 25.8 Å². The second-order valence-electron chi connectivity index (χ2n) is 22.6. The molecular formula is C54H90N14O18. The van der Waals surface area contributed by atoms with Gasteiger partial charge in [0, 0.05) is 19.4 Å². The van der Waals surface area contributed by atoms with Gasteiger partial charge >= 0.3 is 17.9 Å². The van der Waals surface area contributed by atoms with Crippen molar-refractivity contribution in [3.05, 3.63) is 0 Å². The first-order valence-electron chi connectivity index (χ1n) is 29.0. The Labute approximate surface area is 498 Å². The van der Waals surface area contributed by atoms with Crippen molar-refractivity contribution in [2.45, 2.75) is 205 Å². The zero-order chi connectivity index (χ0) is 65.1. The zero-order valence-electron chi connectivity index (χ0n) is 50.2. The van der Waals surface area contributed by atoms with Crippen molar-refractivity contribution in [2.24, 2.45) is 29.2 Å². The van der Waals surface area contributed by atoms with Gasteiger partial charge in [-0.2, -0.15) is 0 Å². The summed E-state index contributed by atoms with van der Waals surface area (Å²) < 4.78 is 0. The number of nitrogens with one attached hydrogen (secondary N) is 11. The predicted octanol–water partition coefficient (Wildman–Crippen LogP) is -4.57. The topological polar surface area (TPSA) is 504 Å². The number of hydrogen-bond acceptors (Lipinski definition) is 17. The van der Waals surface area contributed by atoms with Crippen LogP contribution in [-0.4, -0.2) is 202 Å². The van der Waals surface area contributed by atoms with Gasteiger partial charge in [-0.1, -0.05) is 41.5 Å². The van der Waals surface area contributed by atoms with E-state index in [2.05, 4.69) is 53.2 Å². The van der Waals surface area contributed by atoms with Crippen LogP contribution in [0.15, 0.2) is 0 Å². The first kappa shape index (κ1) is 74.1.